The van der Waals surface area contributed by atoms with E-state index in [0.717, 1.165) is 5.56 Å². The average molecular weight is 327 g/mol. The first kappa shape index (κ1) is 17.5. The molecule has 0 fully saturated rings. The van der Waals surface area contributed by atoms with Gasteiger partial charge in [0.25, 0.3) is 5.91 Å². The molecule has 0 bridgehead atoms. The summed E-state index contributed by atoms with van der Waals surface area (Å²) in [5, 5.41) is 12.2. The molecule has 0 saturated heterocycles. The number of nitrogens with one attached hydrogen (secondary N) is 1. The molecule has 2 N–H and O–H groups in total. The van der Waals surface area contributed by atoms with E-state index in [1.807, 2.05) is 25.1 Å². The third-order valence-corrected chi connectivity index (χ3v) is 3.91. The Morgan fingerprint density at radius 2 is 1.71 bits per heavy atom. The maximum Gasteiger partial charge on any atom is 0.315 e. The highest BCUT2D eigenvalue weighted by Crippen LogP contribution is 2.23. The molecule has 0 aliphatic heterocycles. The zero-order valence-corrected chi connectivity index (χ0v) is 13.8. The van der Waals surface area contributed by atoms with Crippen LogP contribution in [-0.2, 0) is 15.0 Å². The van der Waals surface area contributed by atoms with Crippen LogP contribution in [-0.4, -0.2) is 30.1 Å². The molecule has 24 heavy (non-hydrogen) atoms. The molecule has 2 aromatic rings. The molecule has 126 valence electrons. The van der Waals surface area contributed by atoms with E-state index in [0.29, 0.717) is 11.3 Å². The lowest BCUT2D eigenvalue weighted by Gasteiger charge is -2.25. The monoisotopic (exact) mass is 327 g/mol. The Morgan fingerprint density at radius 3 is 2.29 bits per heavy atom. The fraction of sp³-hybridized carbons (Fsp3) is 0.263. The quantitative estimate of drug-likeness (QED) is 0.819. The lowest BCUT2D eigenvalue weighted by molar-refractivity contribution is -0.143. The third kappa shape index (κ3) is 4.35. The molecule has 1 amide bonds. The average Bonchev–Trinajstić information content (AvgIpc) is 2.59. The largest absolute Gasteiger partial charge is 0.484 e. The molecule has 0 aliphatic rings. The second-order valence-corrected chi connectivity index (χ2v) is 5.88. The summed E-state index contributed by atoms with van der Waals surface area (Å²) < 4.78 is 5.39. The molecule has 5 heteroatoms. The molecule has 5 nitrogen and oxygen atoms in total. The number of amides is 1. The summed E-state index contributed by atoms with van der Waals surface area (Å²) >= 11 is 0. The van der Waals surface area contributed by atoms with Crippen LogP contribution in [0.4, 0.5) is 0 Å². The molecule has 0 radical (unpaired) electrons. The van der Waals surface area contributed by atoms with E-state index in [4.69, 9.17) is 4.74 Å². The normalized spacial score (nSPS) is 12.9. The van der Waals surface area contributed by atoms with Gasteiger partial charge in [0, 0.05) is 6.54 Å². The van der Waals surface area contributed by atoms with Crippen LogP contribution in [0.5, 0.6) is 5.75 Å². The minimum Gasteiger partial charge on any atom is -0.484 e. The van der Waals surface area contributed by atoms with Gasteiger partial charge in [-0.1, -0.05) is 48.0 Å². The first-order chi connectivity index (χ1) is 11.4. The summed E-state index contributed by atoms with van der Waals surface area (Å²) in [7, 11) is 0. The van der Waals surface area contributed by atoms with Gasteiger partial charge in [-0.15, -0.1) is 0 Å². The number of carbonyl (C=O) groups excluding carboxylic acids is 1. The molecule has 1 unspecified atom stereocenters. The van der Waals surface area contributed by atoms with Crippen LogP contribution in [0.15, 0.2) is 54.6 Å². The van der Waals surface area contributed by atoms with Gasteiger partial charge in [-0.25, -0.2) is 0 Å². The van der Waals surface area contributed by atoms with Crippen molar-refractivity contribution in [3.8, 4) is 5.75 Å². The molecule has 0 saturated carbocycles. The Morgan fingerprint density at radius 1 is 1.08 bits per heavy atom. The molecule has 2 rings (SSSR count). The number of carbonyl (C=O) groups is 2. The zero-order valence-electron chi connectivity index (χ0n) is 13.8. The number of aliphatic carboxylic acids is 1. The van der Waals surface area contributed by atoms with Gasteiger partial charge in [-0.05, 0) is 31.5 Å². The van der Waals surface area contributed by atoms with Crippen molar-refractivity contribution in [3.05, 3.63) is 65.7 Å². The lowest BCUT2D eigenvalue weighted by atomic mass is 9.82. The number of hydrogen-bond acceptors (Lipinski definition) is 3. The van der Waals surface area contributed by atoms with E-state index < -0.39 is 11.4 Å². The molecule has 0 aliphatic carbocycles. The fourth-order valence-corrected chi connectivity index (χ4v) is 2.22. The Balaban J connectivity index is 1.93. The summed E-state index contributed by atoms with van der Waals surface area (Å²) in [6, 6.07) is 16.2. The van der Waals surface area contributed by atoms with Gasteiger partial charge >= 0.3 is 5.97 Å². The Kier molecular flexibility index (Phi) is 5.58. The molecule has 0 spiro atoms. The second-order valence-electron chi connectivity index (χ2n) is 5.88. The molecular formula is C19H21NO4. The van der Waals surface area contributed by atoms with E-state index in [-0.39, 0.29) is 19.1 Å². The predicted molar refractivity (Wildman–Crippen MR) is 91.1 cm³/mol. The van der Waals surface area contributed by atoms with Crippen molar-refractivity contribution >= 4 is 11.9 Å². The van der Waals surface area contributed by atoms with E-state index >= 15 is 0 Å². The van der Waals surface area contributed by atoms with Gasteiger partial charge in [0.2, 0.25) is 0 Å². The van der Waals surface area contributed by atoms with Gasteiger partial charge in [0.15, 0.2) is 6.61 Å². The summed E-state index contributed by atoms with van der Waals surface area (Å²) in [4.78, 5) is 23.6. The smallest absolute Gasteiger partial charge is 0.315 e. The number of ether oxygens (including phenoxy) is 1. The molecule has 1 atom stereocenters. The minimum absolute atomic E-state index is 0.0115. The van der Waals surface area contributed by atoms with E-state index in [2.05, 4.69) is 5.32 Å². The topological polar surface area (TPSA) is 75.6 Å². The molecular weight excluding hydrogens is 306 g/mol. The number of aryl methyl sites for hydroxylation is 1. The van der Waals surface area contributed by atoms with Crippen molar-refractivity contribution < 1.29 is 19.4 Å². The van der Waals surface area contributed by atoms with Crippen molar-refractivity contribution in [2.75, 3.05) is 13.2 Å². The van der Waals surface area contributed by atoms with E-state index in [1.54, 1.807) is 43.3 Å². The number of hydrogen-bond donors (Lipinski definition) is 2. The number of rotatable bonds is 7. The van der Waals surface area contributed by atoms with Crippen LogP contribution < -0.4 is 10.1 Å². The zero-order chi connectivity index (χ0) is 17.6. The maximum atomic E-state index is 12.0. The first-order valence-corrected chi connectivity index (χ1v) is 7.67. The van der Waals surface area contributed by atoms with Crippen molar-refractivity contribution in [2.45, 2.75) is 19.3 Å². The van der Waals surface area contributed by atoms with Gasteiger partial charge in [0.1, 0.15) is 11.2 Å². The lowest BCUT2D eigenvalue weighted by Crippen LogP contribution is -2.45. The van der Waals surface area contributed by atoms with Crippen molar-refractivity contribution in [2.24, 2.45) is 0 Å². The van der Waals surface area contributed by atoms with Crippen molar-refractivity contribution in [1.29, 1.82) is 0 Å². The Labute approximate surface area is 141 Å². The van der Waals surface area contributed by atoms with Crippen molar-refractivity contribution in [3.63, 3.8) is 0 Å². The van der Waals surface area contributed by atoms with Crippen LogP contribution in [0.3, 0.4) is 0 Å². The fourth-order valence-electron chi connectivity index (χ4n) is 2.22. The van der Waals surface area contributed by atoms with Crippen LogP contribution in [0.25, 0.3) is 0 Å². The Bertz CT molecular complexity index is 697. The second kappa shape index (κ2) is 7.64. The van der Waals surface area contributed by atoms with Crippen LogP contribution in [0.1, 0.15) is 18.1 Å². The van der Waals surface area contributed by atoms with Crippen LogP contribution in [0, 0.1) is 6.92 Å². The van der Waals surface area contributed by atoms with Gasteiger partial charge in [-0.3, -0.25) is 9.59 Å². The van der Waals surface area contributed by atoms with E-state index in [1.165, 1.54) is 0 Å². The standard InChI is InChI=1S/C19H21NO4/c1-14-8-10-16(11-9-14)24-12-17(21)20-13-19(2,18(22)23)15-6-4-3-5-7-15/h3-11H,12-13H2,1-2H3,(H,20,21)(H,22,23). The van der Waals surface area contributed by atoms with Gasteiger partial charge in [0.05, 0.1) is 0 Å². The minimum atomic E-state index is -1.19. The van der Waals surface area contributed by atoms with Crippen LogP contribution in [0.2, 0.25) is 0 Å². The maximum absolute atomic E-state index is 12.0. The summed E-state index contributed by atoms with van der Waals surface area (Å²) in [6.07, 6.45) is 0. The highest BCUT2D eigenvalue weighted by molar-refractivity contribution is 5.83. The highest BCUT2D eigenvalue weighted by Gasteiger charge is 2.35. The molecule has 0 heterocycles. The number of carboxylic acid groups (broad SMARTS) is 1. The van der Waals surface area contributed by atoms with E-state index in [9.17, 15) is 14.7 Å². The van der Waals surface area contributed by atoms with Crippen molar-refractivity contribution in [1.82, 2.24) is 5.32 Å². The first-order valence-electron chi connectivity index (χ1n) is 7.67. The predicted octanol–water partition coefficient (Wildman–Crippen LogP) is 2.53. The number of carboxylic acids is 1. The summed E-state index contributed by atoms with van der Waals surface area (Å²) in [6.45, 7) is 3.38. The van der Waals surface area contributed by atoms with Gasteiger partial charge in [-0.2, -0.15) is 0 Å². The number of benzene rings is 2. The Hall–Kier alpha value is -2.82. The molecule has 0 aromatic heterocycles. The van der Waals surface area contributed by atoms with Crippen LogP contribution >= 0.6 is 0 Å². The SMILES string of the molecule is Cc1ccc(OCC(=O)NCC(C)(C(=O)O)c2ccccc2)cc1. The van der Waals surface area contributed by atoms with Gasteiger partial charge < -0.3 is 15.2 Å². The third-order valence-electron chi connectivity index (χ3n) is 3.91. The highest BCUT2D eigenvalue weighted by atomic mass is 16.5. The molecule has 2 aromatic carbocycles. The summed E-state index contributed by atoms with van der Waals surface area (Å²) in [5.41, 5.74) is 0.546. The summed E-state index contributed by atoms with van der Waals surface area (Å²) in [5.74, 6) is -0.757.